The second kappa shape index (κ2) is 6.44. The standard InChI is InChI=1S/C15H14Cl2FNO/c1-9(19)6-10-7-12(18)3-5-14(10)20-15-8-11(16)2-4-13(15)17/h2-5,7-9H,6,19H2,1H3. The molecule has 0 aliphatic carbocycles. The lowest BCUT2D eigenvalue weighted by Gasteiger charge is -2.14. The molecule has 5 heteroatoms. The van der Waals surface area contributed by atoms with Gasteiger partial charge in [0.2, 0.25) is 0 Å². The van der Waals surface area contributed by atoms with E-state index in [4.69, 9.17) is 33.7 Å². The number of hydrogen-bond acceptors (Lipinski definition) is 2. The maximum absolute atomic E-state index is 13.3. The summed E-state index contributed by atoms with van der Waals surface area (Å²) in [5.74, 6) is 0.620. The summed E-state index contributed by atoms with van der Waals surface area (Å²) in [6.45, 7) is 1.85. The van der Waals surface area contributed by atoms with Crippen molar-refractivity contribution < 1.29 is 9.13 Å². The van der Waals surface area contributed by atoms with Gasteiger partial charge in [-0.2, -0.15) is 0 Å². The van der Waals surface area contributed by atoms with Crippen LogP contribution in [0.4, 0.5) is 4.39 Å². The molecule has 0 bridgehead atoms. The van der Waals surface area contributed by atoms with Crippen molar-refractivity contribution in [1.82, 2.24) is 0 Å². The van der Waals surface area contributed by atoms with Gasteiger partial charge in [0.1, 0.15) is 17.3 Å². The highest BCUT2D eigenvalue weighted by Crippen LogP contribution is 2.33. The van der Waals surface area contributed by atoms with Crippen molar-refractivity contribution in [3.8, 4) is 11.5 Å². The van der Waals surface area contributed by atoms with Crippen LogP contribution in [0, 0.1) is 5.82 Å². The molecule has 0 spiro atoms. The van der Waals surface area contributed by atoms with Crippen molar-refractivity contribution >= 4 is 23.2 Å². The Kier molecular flexibility index (Phi) is 4.86. The summed E-state index contributed by atoms with van der Waals surface area (Å²) in [5, 5.41) is 0.950. The molecule has 0 aliphatic rings. The third-order valence-corrected chi connectivity index (χ3v) is 3.22. The van der Waals surface area contributed by atoms with Crippen molar-refractivity contribution in [3.05, 3.63) is 57.8 Å². The third-order valence-electron chi connectivity index (χ3n) is 2.68. The Hall–Kier alpha value is -1.29. The first-order valence-electron chi connectivity index (χ1n) is 6.12. The number of nitrogens with two attached hydrogens (primary N) is 1. The molecule has 0 aromatic heterocycles. The van der Waals surface area contributed by atoms with Crippen molar-refractivity contribution in [2.45, 2.75) is 19.4 Å². The van der Waals surface area contributed by atoms with Gasteiger partial charge in [-0.1, -0.05) is 23.2 Å². The molecule has 2 N–H and O–H groups in total. The van der Waals surface area contributed by atoms with E-state index in [9.17, 15) is 4.39 Å². The Morgan fingerprint density at radius 3 is 2.60 bits per heavy atom. The van der Waals surface area contributed by atoms with E-state index >= 15 is 0 Å². The van der Waals surface area contributed by atoms with E-state index in [-0.39, 0.29) is 11.9 Å². The Labute approximate surface area is 127 Å². The molecule has 0 saturated carbocycles. The average Bonchev–Trinajstić information content (AvgIpc) is 2.36. The van der Waals surface area contributed by atoms with Gasteiger partial charge in [0.25, 0.3) is 0 Å². The minimum atomic E-state index is -0.329. The van der Waals surface area contributed by atoms with Crippen LogP contribution >= 0.6 is 23.2 Å². The predicted octanol–water partition coefficient (Wildman–Crippen LogP) is 4.81. The Bertz CT molecular complexity index is 617. The van der Waals surface area contributed by atoms with Gasteiger partial charge >= 0.3 is 0 Å². The summed E-state index contributed by atoms with van der Waals surface area (Å²) < 4.78 is 19.1. The highest BCUT2D eigenvalue weighted by atomic mass is 35.5. The number of rotatable bonds is 4. The molecule has 0 heterocycles. The third kappa shape index (κ3) is 3.85. The fraction of sp³-hybridized carbons (Fsp3) is 0.200. The van der Waals surface area contributed by atoms with Gasteiger partial charge in [-0.15, -0.1) is 0 Å². The van der Waals surface area contributed by atoms with Crippen LogP contribution in [0.1, 0.15) is 12.5 Å². The molecule has 0 radical (unpaired) electrons. The molecule has 1 atom stereocenters. The lowest BCUT2D eigenvalue weighted by molar-refractivity contribution is 0.471. The number of ether oxygens (including phenoxy) is 1. The van der Waals surface area contributed by atoms with E-state index in [0.717, 1.165) is 0 Å². The smallest absolute Gasteiger partial charge is 0.147 e. The fourth-order valence-corrected chi connectivity index (χ4v) is 2.15. The zero-order valence-corrected chi connectivity index (χ0v) is 12.4. The van der Waals surface area contributed by atoms with Crippen molar-refractivity contribution in [2.24, 2.45) is 5.73 Å². The van der Waals surface area contributed by atoms with Crippen LogP contribution in [-0.4, -0.2) is 6.04 Å². The van der Waals surface area contributed by atoms with Gasteiger partial charge in [-0.05, 0) is 49.2 Å². The Balaban J connectivity index is 2.35. The topological polar surface area (TPSA) is 35.2 Å². The molecular formula is C15H14Cl2FNO. The summed E-state index contributed by atoms with van der Waals surface area (Å²) in [6.07, 6.45) is 0.505. The second-order valence-electron chi connectivity index (χ2n) is 4.61. The molecule has 0 fully saturated rings. The van der Waals surface area contributed by atoms with Crippen LogP contribution in [0.5, 0.6) is 11.5 Å². The summed E-state index contributed by atoms with van der Waals surface area (Å²) in [6, 6.07) is 9.13. The van der Waals surface area contributed by atoms with E-state index < -0.39 is 0 Å². The van der Waals surface area contributed by atoms with Gasteiger partial charge in [0.15, 0.2) is 0 Å². The average molecular weight is 314 g/mol. The molecule has 2 nitrogen and oxygen atoms in total. The maximum Gasteiger partial charge on any atom is 0.147 e. The molecule has 20 heavy (non-hydrogen) atoms. The van der Waals surface area contributed by atoms with Crippen molar-refractivity contribution in [2.75, 3.05) is 0 Å². The highest BCUT2D eigenvalue weighted by Gasteiger charge is 2.11. The summed E-state index contributed by atoms with van der Waals surface area (Å²) in [5.41, 5.74) is 6.46. The number of hydrogen-bond donors (Lipinski definition) is 1. The fourth-order valence-electron chi connectivity index (χ4n) is 1.83. The molecule has 0 amide bonds. The molecule has 2 aromatic carbocycles. The molecule has 0 saturated heterocycles. The van der Waals surface area contributed by atoms with E-state index in [2.05, 4.69) is 0 Å². The van der Waals surface area contributed by atoms with E-state index in [1.54, 1.807) is 24.3 Å². The van der Waals surface area contributed by atoms with Crippen molar-refractivity contribution in [1.29, 1.82) is 0 Å². The minimum absolute atomic E-state index is 0.103. The largest absolute Gasteiger partial charge is 0.455 e. The lowest BCUT2D eigenvalue weighted by Crippen LogP contribution is -2.18. The first-order chi connectivity index (χ1) is 9.45. The highest BCUT2D eigenvalue weighted by molar-refractivity contribution is 6.34. The second-order valence-corrected chi connectivity index (χ2v) is 5.45. The van der Waals surface area contributed by atoms with Crippen molar-refractivity contribution in [3.63, 3.8) is 0 Å². The van der Waals surface area contributed by atoms with Crippen LogP contribution in [-0.2, 0) is 6.42 Å². The van der Waals surface area contributed by atoms with Crippen LogP contribution in [0.3, 0.4) is 0 Å². The maximum atomic E-state index is 13.3. The molecule has 2 rings (SSSR count). The summed E-state index contributed by atoms with van der Waals surface area (Å²) >= 11 is 12.0. The zero-order chi connectivity index (χ0) is 14.7. The quantitative estimate of drug-likeness (QED) is 0.878. The van der Waals surface area contributed by atoms with Gasteiger partial charge in [-0.25, -0.2) is 4.39 Å². The Morgan fingerprint density at radius 1 is 1.15 bits per heavy atom. The first-order valence-corrected chi connectivity index (χ1v) is 6.88. The predicted molar refractivity (Wildman–Crippen MR) is 80.3 cm³/mol. The SMILES string of the molecule is CC(N)Cc1cc(F)ccc1Oc1cc(Cl)ccc1Cl. The van der Waals surface area contributed by atoms with Gasteiger partial charge < -0.3 is 10.5 Å². The molecular weight excluding hydrogens is 300 g/mol. The van der Waals surface area contributed by atoms with Crippen LogP contribution in [0.15, 0.2) is 36.4 Å². The molecule has 106 valence electrons. The first kappa shape index (κ1) is 15.1. The van der Waals surface area contributed by atoms with Gasteiger partial charge in [0, 0.05) is 17.1 Å². The molecule has 2 aromatic rings. The van der Waals surface area contributed by atoms with E-state index in [1.807, 2.05) is 6.92 Å². The van der Waals surface area contributed by atoms with Gasteiger partial charge in [-0.3, -0.25) is 0 Å². The summed E-state index contributed by atoms with van der Waals surface area (Å²) in [4.78, 5) is 0. The van der Waals surface area contributed by atoms with Crippen LogP contribution < -0.4 is 10.5 Å². The summed E-state index contributed by atoms with van der Waals surface area (Å²) in [7, 11) is 0. The van der Waals surface area contributed by atoms with Crippen LogP contribution in [0.2, 0.25) is 10.0 Å². The lowest BCUT2D eigenvalue weighted by atomic mass is 10.1. The monoisotopic (exact) mass is 313 g/mol. The number of halogens is 3. The minimum Gasteiger partial charge on any atom is -0.455 e. The number of benzene rings is 2. The Morgan fingerprint density at radius 2 is 1.90 bits per heavy atom. The molecule has 1 unspecified atom stereocenters. The van der Waals surface area contributed by atoms with Crippen LogP contribution in [0.25, 0.3) is 0 Å². The normalized spacial score (nSPS) is 12.2. The van der Waals surface area contributed by atoms with Gasteiger partial charge in [0.05, 0.1) is 5.02 Å². The van der Waals surface area contributed by atoms with E-state index in [0.29, 0.717) is 33.5 Å². The molecule has 0 aliphatic heterocycles. The van der Waals surface area contributed by atoms with E-state index in [1.165, 1.54) is 12.1 Å². The zero-order valence-electron chi connectivity index (χ0n) is 10.9.